The predicted molar refractivity (Wildman–Crippen MR) is 63.5 cm³/mol. The molecule has 0 aliphatic heterocycles. The highest BCUT2D eigenvalue weighted by atomic mass is 32.2. The van der Waals surface area contributed by atoms with Crippen LogP contribution in [0.4, 0.5) is 0 Å². The van der Waals surface area contributed by atoms with E-state index in [1.54, 1.807) is 6.92 Å². The second-order valence-corrected chi connectivity index (χ2v) is 4.82. The first-order valence-corrected chi connectivity index (χ1v) is 6.46. The lowest BCUT2D eigenvalue weighted by Crippen LogP contribution is -2.42. The van der Waals surface area contributed by atoms with Crippen LogP contribution in [0.3, 0.4) is 0 Å². The number of aliphatic hydroxyl groups is 1. The molecule has 0 radical (unpaired) electrons. The lowest BCUT2D eigenvalue weighted by atomic mass is 10.1. The minimum atomic E-state index is -0.915. The van der Waals surface area contributed by atoms with E-state index in [2.05, 4.69) is 5.32 Å². The third kappa shape index (κ3) is 8.55. The summed E-state index contributed by atoms with van der Waals surface area (Å²) in [4.78, 5) is 21.5. The molecule has 0 heterocycles. The number of carbonyl (C=O) groups is 2. The van der Waals surface area contributed by atoms with Gasteiger partial charge in [0.15, 0.2) is 0 Å². The minimum Gasteiger partial charge on any atom is -0.481 e. The molecule has 1 atom stereocenters. The maximum atomic E-state index is 11.3. The highest BCUT2D eigenvalue weighted by Crippen LogP contribution is 2.09. The average molecular weight is 249 g/mol. The number of rotatable bonds is 8. The topological polar surface area (TPSA) is 86.6 Å². The first-order chi connectivity index (χ1) is 7.37. The zero-order valence-corrected chi connectivity index (χ0v) is 10.5. The Labute approximate surface area is 99.6 Å². The molecule has 5 nitrogen and oxygen atoms in total. The summed E-state index contributed by atoms with van der Waals surface area (Å²) < 4.78 is 0. The summed E-state index contributed by atoms with van der Waals surface area (Å²) in [7, 11) is 0. The molecule has 0 aromatic rings. The number of thioether (sulfide) groups is 1. The maximum Gasteiger partial charge on any atom is 0.303 e. The van der Waals surface area contributed by atoms with E-state index in [0.717, 1.165) is 0 Å². The normalized spacial score (nSPS) is 14.2. The van der Waals surface area contributed by atoms with Gasteiger partial charge in [-0.05, 0) is 19.6 Å². The molecule has 0 spiro atoms. The Morgan fingerprint density at radius 3 is 2.50 bits per heavy atom. The van der Waals surface area contributed by atoms with Gasteiger partial charge in [-0.2, -0.15) is 11.8 Å². The van der Waals surface area contributed by atoms with Crippen molar-refractivity contribution < 1.29 is 19.8 Å². The zero-order valence-electron chi connectivity index (χ0n) is 9.65. The van der Waals surface area contributed by atoms with E-state index >= 15 is 0 Å². The van der Waals surface area contributed by atoms with Gasteiger partial charge in [0.1, 0.15) is 0 Å². The fourth-order valence-corrected chi connectivity index (χ4v) is 1.86. The Morgan fingerprint density at radius 2 is 2.00 bits per heavy atom. The molecule has 0 aliphatic rings. The highest BCUT2D eigenvalue weighted by Gasteiger charge is 2.20. The van der Waals surface area contributed by atoms with Gasteiger partial charge in [0, 0.05) is 25.1 Å². The van der Waals surface area contributed by atoms with Gasteiger partial charge < -0.3 is 15.5 Å². The summed E-state index contributed by atoms with van der Waals surface area (Å²) in [5, 5.41) is 20.7. The number of carboxylic acid groups (broad SMARTS) is 1. The van der Waals surface area contributed by atoms with Crippen molar-refractivity contribution in [1.82, 2.24) is 5.32 Å². The quantitative estimate of drug-likeness (QED) is 0.582. The van der Waals surface area contributed by atoms with Gasteiger partial charge >= 0.3 is 5.97 Å². The first kappa shape index (κ1) is 15.2. The Kier molecular flexibility index (Phi) is 7.16. The van der Waals surface area contributed by atoms with Crippen molar-refractivity contribution in [2.45, 2.75) is 31.8 Å². The Hall–Kier alpha value is -0.750. The lowest BCUT2D eigenvalue weighted by Gasteiger charge is -2.22. The van der Waals surface area contributed by atoms with Crippen molar-refractivity contribution >= 4 is 23.6 Å². The van der Waals surface area contributed by atoms with Crippen LogP contribution < -0.4 is 5.32 Å². The number of carboxylic acids is 1. The Bertz CT molecular complexity index is 243. The van der Waals surface area contributed by atoms with E-state index in [4.69, 9.17) is 5.11 Å². The predicted octanol–water partition coefficient (Wildman–Crippen LogP) is 0.471. The van der Waals surface area contributed by atoms with Gasteiger partial charge in [-0.25, -0.2) is 0 Å². The van der Waals surface area contributed by atoms with Gasteiger partial charge in [-0.1, -0.05) is 0 Å². The third-order valence-electron chi connectivity index (χ3n) is 1.92. The number of hydrogen-bond acceptors (Lipinski definition) is 4. The molecule has 3 N–H and O–H groups in total. The lowest BCUT2D eigenvalue weighted by molar-refractivity contribution is -0.137. The average Bonchev–Trinajstić information content (AvgIpc) is 2.14. The minimum absolute atomic E-state index is 0.00533. The van der Waals surface area contributed by atoms with Crippen LogP contribution in [0.5, 0.6) is 0 Å². The van der Waals surface area contributed by atoms with Crippen LogP contribution in [0.1, 0.15) is 26.2 Å². The maximum absolute atomic E-state index is 11.3. The van der Waals surface area contributed by atoms with Crippen molar-refractivity contribution in [1.29, 1.82) is 0 Å². The molecule has 16 heavy (non-hydrogen) atoms. The van der Waals surface area contributed by atoms with Crippen LogP contribution in [0, 0.1) is 0 Å². The number of aliphatic carboxylic acids is 1. The van der Waals surface area contributed by atoms with Crippen molar-refractivity contribution in [3.63, 3.8) is 0 Å². The number of carbonyl (C=O) groups excluding carboxylic acids is 1. The fraction of sp³-hybridized carbons (Fsp3) is 0.800. The molecular formula is C10H19NO4S. The van der Waals surface area contributed by atoms with Gasteiger partial charge in [0.05, 0.1) is 5.60 Å². The summed E-state index contributed by atoms with van der Waals surface area (Å²) in [5.74, 6) is -0.576. The summed E-state index contributed by atoms with van der Waals surface area (Å²) in [6.07, 6.45) is 2.38. The number of hydrogen-bond donors (Lipinski definition) is 3. The zero-order chi connectivity index (χ0) is 12.6. The smallest absolute Gasteiger partial charge is 0.303 e. The Balaban J connectivity index is 3.68. The van der Waals surface area contributed by atoms with Gasteiger partial charge in [0.25, 0.3) is 0 Å². The molecule has 1 amide bonds. The summed E-state index contributed by atoms with van der Waals surface area (Å²) >= 11 is 1.50. The van der Waals surface area contributed by atoms with Crippen molar-refractivity contribution in [3.8, 4) is 0 Å². The fourth-order valence-electron chi connectivity index (χ4n) is 1.14. The van der Waals surface area contributed by atoms with E-state index in [1.165, 1.54) is 11.8 Å². The van der Waals surface area contributed by atoms with Crippen LogP contribution in [0.2, 0.25) is 0 Å². The van der Waals surface area contributed by atoms with Crippen LogP contribution in [-0.2, 0) is 9.59 Å². The van der Waals surface area contributed by atoms with Crippen LogP contribution in [0.25, 0.3) is 0 Å². The monoisotopic (exact) mass is 249 g/mol. The molecule has 0 saturated carbocycles. The molecule has 0 aromatic heterocycles. The van der Waals surface area contributed by atoms with E-state index in [9.17, 15) is 14.7 Å². The standard InChI is InChI=1S/C10H19NO4S/c1-10(15,7-16-2)6-11-8(12)4-3-5-9(13)14/h15H,3-7H2,1-2H3,(H,11,12)(H,13,14). The molecule has 6 heteroatoms. The van der Waals surface area contributed by atoms with Gasteiger partial charge in [-0.3, -0.25) is 9.59 Å². The van der Waals surface area contributed by atoms with Crippen LogP contribution >= 0.6 is 11.8 Å². The first-order valence-electron chi connectivity index (χ1n) is 5.07. The molecule has 1 unspecified atom stereocenters. The highest BCUT2D eigenvalue weighted by molar-refractivity contribution is 7.98. The molecule has 0 saturated heterocycles. The van der Waals surface area contributed by atoms with E-state index < -0.39 is 11.6 Å². The summed E-state index contributed by atoms with van der Waals surface area (Å²) in [6, 6.07) is 0. The second kappa shape index (κ2) is 7.51. The molecule has 94 valence electrons. The van der Waals surface area contributed by atoms with Crippen LogP contribution in [0.15, 0.2) is 0 Å². The van der Waals surface area contributed by atoms with Crippen molar-refractivity contribution in [2.24, 2.45) is 0 Å². The second-order valence-electron chi connectivity index (χ2n) is 3.95. The Morgan fingerprint density at radius 1 is 1.38 bits per heavy atom. The van der Waals surface area contributed by atoms with Gasteiger partial charge in [0.2, 0.25) is 5.91 Å². The van der Waals surface area contributed by atoms with E-state index in [-0.39, 0.29) is 25.3 Å². The third-order valence-corrected chi connectivity index (χ3v) is 2.83. The number of nitrogens with one attached hydrogen (secondary N) is 1. The summed E-state index contributed by atoms with van der Waals surface area (Å²) in [5.41, 5.74) is -0.915. The van der Waals surface area contributed by atoms with Crippen LogP contribution in [-0.4, -0.2) is 46.2 Å². The molecule has 0 rings (SSSR count). The molecule has 0 fully saturated rings. The van der Waals surface area contributed by atoms with E-state index in [0.29, 0.717) is 12.2 Å². The largest absolute Gasteiger partial charge is 0.481 e. The number of amides is 1. The van der Waals surface area contributed by atoms with Crippen molar-refractivity contribution in [3.05, 3.63) is 0 Å². The molecule has 0 bridgehead atoms. The molecule has 0 aromatic carbocycles. The summed E-state index contributed by atoms with van der Waals surface area (Å²) in [6.45, 7) is 1.85. The molecular weight excluding hydrogens is 230 g/mol. The van der Waals surface area contributed by atoms with Gasteiger partial charge in [-0.15, -0.1) is 0 Å². The van der Waals surface area contributed by atoms with E-state index in [1.807, 2.05) is 6.26 Å². The van der Waals surface area contributed by atoms with Crippen molar-refractivity contribution in [2.75, 3.05) is 18.6 Å². The SMILES string of the molecule is CSCC(C)(O)CNC(=O)CCCC(=O)O. The molecule has 0 aliphatic carbocycles.